The first-order valence-corrected chi connectivity index (χ1v) is 9.08. The first kappa shape index (κ1) is 14.7. The number of carboxylic acid groups (broad SMARTS) is 1. The van der Waals surface area contributed by atoms with Gasteiger partial charge in [-0.3, -0.25) is 4.79 Å². The molecule has 0 saturated carbocycles. The minimum absolute atomic E-state index is 0.151. The van der Waals surface area contributed by atoms with Crippen LogP contribution in [0.2, 0.25) is 13.1 Å². The molecule has 0 aromatic rings. The van der Waals surface area contributed by atoms with Crippen molar-refractivity contribution in [3.8, 4) is 0 Å². The molecule has 0 aromatic heterocycles. The summed E-state index contributed by atoms with van der Waals surface area (Å²) in [6, 6.07) is 0. The quantitative estimate of drug-likeness (QED) is 0.751. The molecule has 0 aromatic carbocycles. The first-order valence-electron chi connectivity index (χ1n) is 6.30. The fourth-order valence-corrected chi connectivity index (χ4v) is 3.88. The van der Waals surface area contributed by atoms with Gasteiger partial charge < -0.3 is 14.8 Å². The fourth-order valence-electron chi connectivity index (χ4n) is 2.67. The zero-order valence-electron chi connectivity index (χ0n) is 11.5. The van der Waals surface area contributed by atoms with Crippen molar-refractivity contribution in [2.24, 2.45) is 10.8 Å². The van der Waals surface area contributed by atoms with Gasteiger partial charge in [-0.2, -0.15) is 0 Å². The highest BCUT2D eigenvalue weighted by Crippen LogP contribution is 2.41. The zero-order chi connectivity index (χ0) is 13.3. The second-order valence-electron chi connectivity index (χ2n) is 6.32. The number of carboxylic acids is 1. The standard InChI is InChI=1S/C12H25NO3Si/c1-11(2,3)9(16-17(4)5)12(10(14)15)6-7-13-8-12/h9,13,17H,6-8H2,1-5H3,(H,14,15). The third kappa shape index (κ3) is 3.08. The maximum atomic E-state index is 11.7. The van der Waals surface area contributed by atoms with Crippen LogP contribution in [-0.2, 0) is 9.22 Å². The Kier molecular flexibility index (Phi) is 4.38. The molecule has 1 fully saturated rings. The lowest BCUT2D eigenvalue weighted by Crippen LogP contribution is -2.53. The van der Waals surface area contributed by atoms with Crippen LogP contribution in [0.4, 0.5) is 0 Å². The number of rotatable bonds is 4. The summed E-state index contributed by atoms with van der Waals surface area (Å²) in [7, 11) is -1.26. The highest BCUT2D eigenvalue weighted by atomic mass is 28.3. The van der Waals surface area contributed by atoms with E-state index in [9.17, 15) is 9.90 Å². The second-order valence-corrected chi connectivity index (χ2v) is 8.69. The van der Waals surface area contributed by atoms with E-state index >= 15 is 0 Å². The van der Waals surface area contributed by atoms with Crippen LogP contribution in [0.25, 0.3) is 0 Å². The Morgan fingerprint density at radius 2 is 2.06 bits per heavy atom. The molecule has 0 aliphatic carbocycles. The topological polar surface area (TPSA) is 58.6 Å². The zero-order valence-corrected chi connectivity index (χ0v) is 12.7. The average molecular weight is 259 g/mol. The fraction of sp³-hybridized carbons (Fsp3) is 0.917. The van der Waals surface area contributed by atoms with Crippen molar-refractivity contribution >= 4 is 15.0 Å². The van der Waals surface area contributed by atoms with Crippen molar-refractivity contribution in [2.45, 2.75) is 46.4 Å². The Labute approximate surface area is 105 Å². The molecule has 0 spiro atoms. The van der Waals surface area contributed by atoms with Crippen LogP contribution in [0.3, 0.4) is 0 Å². The SMILES string of the molecule is C[SiH](C)OC(C(C)(C)C)C1(C(=O)O)CCNC1. The normalized spacial score (nSPS) is 27.4. The van der Waals surface area contributed by atoms with Gasteiger partial charge in [0, 0.05) is 6.54 Å². The van der Waals surface area contributed by atoms with Crippen molar-refractivity contribution in [1.29, 1.82) is 0 Å². The number of aliphatic carboxylic acids is 1. The molecule has 1 saturated heterocycles. The summed E-state index contributed by atoms with van der Waals surface area (Å²) in [6.07, 6.45) is 0.444. The van der Waals surface area contributed by atoms with Crippen molar-refractivity contribution in [3.05, 3.63) is 0 Å². The number of hydrogen-bond donors (Lipinski definition) is 2. The monoisotopic (exact) mass is 259 g/mol. The Hall–Kier alpha value is -0.393. The third-order valence-corrected chi connectivity index (χ3v) is 4.13. The van der Waals surface area contributed by atoms with E-state index in [-0.39, 0.29) is 11.5 Å². The van der Waals surface area contributed by atoms with Crippen LogP contribution >= 0.6 is 0 Å². The van der Waals surface area contributed by atoms with Gasteiger partial charge in [-0.15, -0.1) is 0 Å². The average Bonchev–Trinajstić information content (AvgIpc) is 2.61. The molecule has 1 aliphatic rings. The number of hydrogen-bond acceptors (Lipinski definition) is 3. The minimum Gasteiger partial charge on any atom is -0.481 e. The molecule has 1 rings (SSSR count). The minimum atomic E-state index is -1.26. The number of nitrogens with one attached hydrogen (secondary N) is 1. The van der Waals surface area contributed by atoms with Gasteiger partial charge in [-0.1, -0.05) is 20.8 Å². The highest BCUT2D eigenvalue weighted by Gasteiger charge is 2.53. The van der Waals surface area contributed by atoms with Gasteiger partial charge in [0.15, 0.2) is 9.04 Å². The van der Waals surface area contributed by atoms with Gasteiger partial charge in [0.05, 0.1) is 6.10 Å². The van der Waals surface area contributed by atoms with Gasteiger partial charge >= 0.3 is 5.97 Å². The summed E-state index contributed by atoms with van der Waals surface area (Å²) in [5, 5.41) is 12.8. The summed E-state index contributed by atoms with van der Waals surface area (Å²) in [5.74, 6) is -0.725. The molecule has 4 nitrogen and oxygen atoms in total. The molecule has 1 heterocycles. The molecular weight excluding hydrogens is 234 g/mol. The molecule has 0 amide bonds. The van der Waals surface area contributed by atoms with Gasteiger partial charge in [0.2, 0.25) is 0 Å². The van der Waals surface area contributed by atoms with Gasteiger partial charge in [-0.05, 0) is 31.5 Å². The summed E-state index contributed by atoms with van der Waals surface area (Å²) in [4.78, 5) is 11.7. The van der Waals surface area contributed by atoms with Crippen LogP contribution in [-0.4, -0.2) is 39.3 Å². The van der Waals surface area contributed by atoms with E-state index in [1.54, 1.807) is 0 Å². The van der Waals surface area contributed by atoms with Crippen LogP contribution in [0.5, 0.6) is 0 Å². The van der Waals surface area contributed by atoms with Gasteiger partial charge in [0.25, 0.3) is 0 Å². The van der Waals surface area contributed by atoms with Crippen LogP contribution in [0.15, 0.2) is 0 Å². The van der Waals surface area contributed by atoms with E-state index in [0.717, 1.165) is 6.54 Å². The Bertz CT molecular complexity index is 280. The molecule has 2 atom stereocenters. The molecule has 1 aliphatic heterocycles. The smallest absolute Gasteiger partial charge is 0.313 e. The van der Waals surface area contributed by atoms with Gasteiger partial charge in [-0.25, -0.2) is 0 Å². The molecule has 2 N–H and O–H groups in total. The van der Waals surface area contributed by atoms with E-state index in [4.69, 9.17) is 4.43 Å². The van der Waals surface area contributed by atoms with E-state index in [1.807, 2.05) is 0 Å². The molecular formula is C12H25NO3Si. The van der Waals surface area contributed by atoms with Crippen LogP contribution < -0.4 is 5.32 Å². The van der Waals surface area contributed by atoms with Crippen molar-refractivity contribution in [1.82, 2.24) is 5.32 Å². The van der Waals surface area contributed by atoms with Crippen molar-refractivity contribution in [3.63, 3.8) is 0 Å². The van der Waals surface area contributed by atoms with E-state index in [1.165, 1.54) is 0 Å². The molecule has 17 heavy (non-hydrogen) atoms. The van der Waals surface area contributed by atoms with E-state index in [2.05, 4.69) is 39.2 Å². The second kappa shape index (κ2) is 5.08. The first-order chi connectivity index (χ1) is 7.70. The molecule has 0 bridgehead atoms. The number of carbonyl (C=O) groups is 1. The third-order valence-electron chi connectivity index (χ3n) is 3.31. The molecule has 0 radical (unpaired) electrons. The summed E-state index contributed by atoms with van der Waals surface area (Å²) in [6.45, 7) is 11.7. The van der Waals surface area contributed by atoms with Crippen LogP contribution in [0.1, 0.15) is 27.2 Å². The maximum Gasteiger partial charge on any atom is 0.313 e. The lowest BCUT2D eigenvalue weighted by atomic mass is 9.70. The van der Waals surface area contributed by atoms with Gasteiger partial charge in [0.1, 0.15) is 5.41 Å². The summed E-state index contributed by atoms with van der Waals surface area (Å²) >= 11 is 0. The Balaban J connectivity index is 3.05. The summed E-state index contributed by atoms with van der Waals surface area (Å²) < 4.78 is 6.08. The molecule has 5 heteroatoms. The Morgan fingerprint density at radius 3 is 2.35 bits per heavy atom. The predicted molar refractivity (Wildman–Crippen MR) is 70.8 cm³/mol. The molecule has 100 valence electrons. The molecule has 2 unspecified atom stereocenters. The van der Waals surface area contributed by atoms with E-state index < -0.39 is 20.4 Å². The lowest BCUT2D eigenvalue weighted by molar-refractivity contribution is -0.158. The summed E-state index contributed by atoms with van der Waals surface area (Å²) in [5.41, 5.74) is -0.906. The van der Waals surface area contributed by atoms with Crippen LogP contribution in [0, 0.1) is 10.8 Å². The van der Waals surface area contributed by atoms with Crippen molar-refractivity contribution in [2.75, 3.05) is 13.1 Å². The highest BCUT2D eigenvalue weighted by molar-refractivity contribution is 6.48. The maximum absolute atomic E-state index is 11.7. The Morgan fingerprint density at radius 1 is 1.47 bits per heavy atom. The lowest BCUT2D eigenvalue weighted by Gasteiger charge is -2.42. The predicted octanol–water partition coefficient (Wildman–Crippen LogP) is 1.47. The van der Waals surface area contributed by atoms with Crippen molar-refractivity contribution < 1.29 is 14.3 Å². The largest absolute Gasteiger partial charge is 0.481 e. The van der Waals surface area contributed by atoms with E-state index in [0.29, 0.717) is 13.0 Å².